The van der Waals surface area contributed by atoms with E-state index in [1.807, 2.05) is 0 Å². The molecule has 6 nitrogen and oxygen atoms in total. The first-order chi connectivity index (χ1) is 13.7. The molecule has 9 atom stereocenters. The molecule has 0 aliphatic heterocycles. The molecule has 2 N–H and O–H groups in total. The minimum atomic E-state index is -0.457. The first-order valence-electron chi connectivity index (χ1n) is 11.3. The molecular formula is C23H36O6. The van der Waals surface area contributed by atoms with Crippen LogP contribution in [0.5, 0.6) is 0 Å². The number of ether oxygens (including phenoxy) is 2. The Bertz CT molecular complexity index is 664. The highest BCUT2D eigenvalue weighted by Gasteiger charge is 2.64. The SMILES string of the molecule is CC(=O)O[C@H]1CC[C@@]2(CO)[C@@H](CC[C@H]3[C@@H]4[C@@H](O)C[C@H](OC(C)=O)[C@@]4(C)CC[C@@H]32)C1. The highest BCUT2D eigenvalue weighted by molar-refractivity contribution is 5.66. The van der Waals surface area contributed by atoms with Crippen molar-refractivity contribution in [3.63, 3.8) is 0 Å². The van der Waals surface area contributed by atoms with Crippen LogP contribution in [0.25, 0.3) is 0 Å². The van der Waals surface area contributed by atoms with Crippen LogP contribution in [0.2, 0.25) is 0 Å². The molecule has 29 heavy (non-hydrogen) atoms. The predicted molar refractivity (Wildman–Crippen MR) is 106 cm³/mol. The Morgan fingerprint density at radius 1 is 1.00 bits per heavy atom. The second-order valence-electron chi connectivity index (χ2n) is 10.4. The number of hydrogen-bond acceptors (Lipinski definition) is 6. The van der Waals surface area contributed by atoms with Gasteiger partial charge in [0.05, 0.1) is 6.10 Å². The number of esters is 2. The Balaban J connectivity index is 1.58. The number of rotatable bonds is 3. The second kappa shape index (κ2) is 7.52. The van der Waals surface area contributed by atoms with Crippen molar-refractivity contribution in [1.29, 1.82) is 0 Å². The topological polar surface area (TPSA) is 93.1 Å². The Labute approximate surface area is 173 Å². The number of carbonyl (C=O) groups is 2. The maximum Gasteiger partial charge on any atom is 0.302 e. The zero-order valence-electron chi connectivity index (χ0n) is 17.9. The number of carbonyl (C=O) groups excluding carboxylic acids is 2. The Morgan fingerprint density at radius 3 is 2.38 bits per heavy atom. The van der Waals surface area contributed by atoms with Gasteiger partial charge in [-0.2, -0.15) is 0 Å². The van der Waals surface area contributed by atoms with Crippen LogP contribution in [0.3, 0.4) is 0 Å². The lowest BCUT2D eigenvalue weighted by Crippen LogP contribution is -2.58. The minimum absolute atomic E-state index is 0.0343. The summed E-state index contributed by atoms with van der Waals surface area (Å²) in [6.07, 6.45) is 6.26. The molecule has 0 radical (unpaired) electrons. The molecule has 0 spiro atoms. The third kappa shape index (κ3) is 3.31. The van der Waals surface area contributed by atoms with Gasteiger partial charge in [0, 0.05) is 32.3 Å². The molecule has 6 heteroatoms. The standard InChI is InChI=1S/C23H36O6/c1-13(25)28-16-6-9-23(12-24)15(10-16)4-5-17-18(23)7-8-22(3)20(29-14(2)26)11-19(27)21(17)22/h15-21,24,27H,4-12H2,1-3H3/t15-,16-,17+,18-,19-,20-,21+,22+,23+/m0/s1. The molecule has 0 aromatic carbocycles. The quantitative estimate of drug-likeness (QED) is 0.698. The van der Waals surface area contributed by atoms with Crippen LogP contribution in [0.4, 0.5) is 0 Å². The maximum absolute atomic E-state index is 11.6. The van der Waals surface area contributed by atoms with Crippen molar-refractivity contribution in [2.45, 2.75) is 90.4 Å². The van der Waals surface area contributed by atoms with Crippen molar-refractivity contribution in [3.05, 3.63) is 0 Å². The summed E-state index contributed by atoms with van der Waals surface area (Å²) in [4.78, 5) is 23.0. The number of aliphatic hydroxyl groups is 2. The van der Waals surface area contributed by atoms with Crippen LogP contribution in [0.1, 0.15) is 72.1 Å². The first kappa shape index (κ1) is 21.1. The van der Waals surface area contributed by atoms with Gasteiger partial charge in [0.25, 0.3) is 0 Å². The van der Waals surface area contributed by atoms with Gasteiger partial charge in [-0.25, -0.2) is 0 Å². The van der Waals surface area contributed by atoms with E-state index in [2.05, 4.69) is 6.92 Å². The van der Waals surface area contributed by atoms with E-state index in [4.69, 9.17) is 9.47 Å². The third-order valence-electron chi connectivity index (χ3n) is 9.15. The summed E-state index contributed by atoms with van der Waals surface area (Å²) in [5.41, 5.74) is -0.329. The smallest absolute Gasteiger partial charge is 0.302 e. The largest absolute Gasteiger partial charge is 0.463 e. The van der Waals surface area contributed by atoms with Gasteiger partial charge in [0.2, 0.25) is 0 Å². The Morgan fingerprint density at radius 2 is 1.72 bits per heavy atom. The van der Waals surface area contributed by atoms with Crippen LogP contribution in [-0.2, 0) is 19.1 Å². The summed E-state index contributed by atoms with van der Waals surface area (Å²) in [5.74, 6) is 0.691. The van der Waals surface area contributed by atoms with Gasteiger partial charge in [-0.05, 0) is 74.0 Å². The highest BCUT2D eigenvalue weighted by atomic mass is 16.5. The van der Waals surface area contributed by atoms with Crippen LogP contribution in [0, 0.1) is 34.5 Å². The molecule has 0 saturated heterocycles. The molecular weight excluding hydrogens is 372 g/mol. The Hall–Kier alpha value is -1.14. The van der Waals surface area contributed by atoms with Crippen LogP contribution >= 0.6 is 0 Å². The van der Waals surface area contributed by atoms with Crippen molar-refractivity contribution >= 4 is 11.9 Å². The number of hydrogen-bond donors (Lipinski definition) is 2. The molecule has 4 fully saturated rings. The maximum atomic E-state index is 11.6. The lowest BCUT2D eigenvalue weighted by atomic mass is 9.44. The van der Waals surface area contributed by atoms with Crippen molar-refractivity contribution in [1.82, 2.24) is 0 Å². The summed E-state index contributed by atoms with van der Waals surface area (Å²) >= 11 is 0. The van der Waals surface area contributed by atoms with E-state index in [0.717, 1.165) is 44.9 Å². The number of aliphatic hydroxyl groups excluding tert-OH is 2. The molecule has 0 aromatic heterocycles. The normalized spacial score (nSPS) is 48.8. The van der Waals surface area contributed by atoms with Crippen molar-refractivity contribution in [2.24, 2.45) is 34.5 Å². The average Bonchev–Trinajstić information content (AvgIpc) is 2.90. The summed E-state index contributed by atoms with van der Waals surface area (Å²) < 4.78 is 11.2. The number of fused-ring (bicyclic) bond motifs is 5. The van der Waals surface area contributed by atoms with E-state index in [1.54, 1.807) is 0 Å². The van der Waals surface area contributed by atoms with E-state index in [-0.39, 0.29) is 47.5 Å². The summed E-state index contributed by atoms with van der Waals surface area (Å²) in [7, 11) is 0. The average molecular weight is 409 g/mol. The van der Waals surface area contributed by atoms with Gasteiger partial charge in [0.1, 0.15) is 12.2 Å². The van der Waals surface area contributed by atoms with E-state index in [9.17, 15) is 19.8 Å². The molecule has 0 amide bonds. The molecule has 0 unspecified atom stereocenters. The zero-order chi connectivity index (χ0) is 21.0. The second-order valence-corrected chi connectivity index (χ2v) is 10.4. The lowest BCUT2D eigenvalue weighted by molar-refractivity contribution is -0.182. The zero-order valence-corrected chi connectivity index (χ0v) is 17.9. The first-order valence-corrected chi connectivity index (χ1v) is 11.3. The monoisotopic (exact) mass is 408 g/mol. The molecule has 4 saturated carbocycles. The van der Waals surface area contributed by atoms with Gasteiger partial charge in [-0.1, -0.05) is 6.92 Å². The molecule has 0 heterocycles. The lowest BCUT2D eigenvalue weighted by Gasteiger charge is -2.61. The third-order valence-corrected chi connectivity index (χ3v) is 9.15. The highest BCUT2D eigenvalue weighted by Crippen LogP contribution is 2.66. The molecule has 4 aliphatic rings. The summed E-state index contributed by atoms with van der Waals surface area (Å²) in [6.45, 7) is 5.27. The van der Waals surface area contributed by atoms with E-state index < -0.39 is 6.10 Å². The Kier molecular flexibility index (Phi) is 5.48. The van der Waals surface area contributed by atoms with Crippen LogP contribution in [-0.4, -0.2) is 47.1 Å². The fourth-order valence-corrected chi connectivity index (χ4v) is 8.06. The van der Waals surface area contributed by atoms with Gasteiger partial charge in [-0.15, -0.1) is 0 Å². The van der Waals surface area contributed by atoms with E-state index in [0.29, 0.717) is 24.2 Å². The molecule has 0 aromatic rings. The molecule has 0 bridgehead atoms. The molecule has 4 rings (SSSR count). The van der Waals surface area contributed by atoms with Gasteiger partial charge >= 0.3 is 11.9 Å². The van der Waals surface area contributed by atoms with Gasteiger partial charge < -0.3 is 19.7 Å². The fourth-order valence-electron chi connectivity index (χ4n) is 8.06. The van der Waals surface area contributed by atoms with Crippen molar-refractivity contribution in [2.75, 3.05) is 6.61 Å². The van der Waals surface area contributed by atoms with E-state index in [1.165, 1.54) is 13.8 Å². The minimum Gasteiger partial charge on any atom is -0.463 e. The van der Waals surface area contributed by atoms with Crippen molar-refractivity contribution < 1.29 is 29.3 Å². The molecule has 4 aliphatic carbocycles. The molecule has 164 valence electrons. The van der Waals surface area contributed by atoms with Gasteiger partial charge in [-0.3, -0.25) is 9.59 Å². The van der Waals surface area contributed by atoms with E-state index >= 15 is 0 Å². The summed E-state index contributed by atoms with van der Waals surface area (Å²) in [6, 6.07) is 0. The van der Waals surface area contributed by atoms with Crippen LogP contribution < -0.4 is 0 Å². The summed E-state index contributed by atoms with van der Waals surface area (Å²) in [5, 5.41) is 21.6. The predicted octanol–water partition coefficient (Wildman–Crippen LogP) is 2.84. The van der Waals surface area contributed by atoms with Crippen LogP contribution in [0.15, 0.2) is 0 Å². The van der Waals surface area contributed by atoms with Gasteiger partial charge in [0.15, 0.2) is 0 Å². The fraction of sp³-hybridized carbons (Fsp3) is 0.913. The van der Waals surface area contributed by atoms with Crippen molar-refractivity contribution in [3.8, 4) is 0 Å².